The second-order valence-electron chi connectivity index (χ2n) is 6.55. The second kappa shape index (κ2) is 11.7. The average molecular weight is 391 g/mol. The molecule has 1 atom stereocenters. The average Bonchev–Trinajstić information content (AvgIpc) is 3.14. The molecule has 148 valence electrons. The summed E-state index contributed by atoms with van der Waals surface area (Å²) in [6.07, 6.45) is -0.607. The van der Waals surface area contributed by atoms with E-state index in [0.717, 1.165) is 22.8 Å². The third-order valence-corrected chi connectivity index (χ3v) is 4.66. The SMILES string of the molecule is CCNC(=NCc1nc(C(C)C)cs1)NCC(O)COCc1ccccc1. The highest BCUT2D eigenvalue weighted by atomic mass is 32.1. The molecule has 1 unspecified atom stereocenters. The van der Waals surface area contributed by atoms with Crippen LogP contribution in [0.15, 0.2) is 40.7 Å². The molecule has 7 heteroatoms. The van der Waals surface area contributed by atoms with Crippen molar-refractivity contribution < 1.29 is 9.84 Å². The molecule has 0 aliphatic carbocycles. The summed E-state index contributed by atoms with van der Waals surface area (Å²) in [6.45, 7) is 8.69. The maximum Gasteiger partial charge on any atom is 0.191 e. The highest BCUT2D eigenvalue weighted by Crippen LogP contribution is 2.18. The van der Waals surface area contributed by atoms with Gasteiger partial charge in [0.2, 0.25) is 0 Å². The lowest BCUT2D eigenvalue weighted by Gasteiger charge is -2.15. The lowest BCUT2D eigenvalue weighted by molar-refractivity contribution is 0.0308. The molecule has 0 saturated heterocycles. The summed E-state index contributed by atoms with van der Waals surface area (Å²) in [6, 6.07) is 9.93. The molecule has 0 saturated carbocycles. The highest BCUT2D eigenvalue weighted by molar-refractivity contribution is 7.09. The maximum absolute atomic E-state index is 10.1. The zero-order chi connectivity index (χ0) is 19.5. The standard InChI is InChI=1S/C20H30N4O2S/c1-4-21-20(23-11-19-24-18(14-27-19)15(2)3)22-10-17(25)13-26-12-16-8-6-5-7-9-16/h5-9,14-15,17,25H,4,10-13H2,1-3H3,(H2,21,22,23). The molecular formula is C20H30N4O2S. The lowest BCUT2D eigenvalue weighted by Crippen LogP contribution is -2.42. The molecule has 0 fully saturated rings. The van der Waals surface area contributed by atoms with Crippen molar-refractivity contribution in [2.45, 2.75) is 45.9 Å². The van der Waals surface area contributed by atoms with Crippen molar-refractivity contribution in [2.75, 3.05) is 19.7 Å². The number of nitrogens with one attached hydrogen (secondary N) is 2. The minimum atomic E-state index is -0.607. The number of aliphatic hydroxyl groups excluding tert-OH is 1. The first-order valence-corrected chi connectivity index (χ1v) is 10.2. The van der Waals surface area contributed by atoms with E-state index >= 15 is 0 Å². The van der Waals surface area contributed by atoms with E-state index in [-0.39, 0.29) is 6.61 Å². The van der Waals surface area contributed by atoms with Gasteiger partial charge in [0.25, 0.3) is 0 Å². The fraction of sp³-hybridized carbons (Fsp3) is 0.500. The van der Waals surface area contributed by atoms with Crippen LogP contribution in [0.25, 0.3) is 0 Å². The molecule has 0 bridgehead atoms. The van der Waals surface area contributed by atoms with Crippen molar-refractivity contribution in [3.8, 4) is 0 Å². The van der Waals surface area contributed by atoms with Gasteiger partial charge in [0, 0.05) is 18.5 Å². The van der Waals surface area contributed by atoms with E-state index < -0.39 is 6.10 Å². The number of guanidine groups is 1. The first-order valence-electron chi connectivity index (χ1n) is 9.34. The summed E-state index contributed by atoms with van der Waals surface area (Å²) in [4.78, 5) is 9.14. The van der Waals surface area contributed by atoms with Gasteiger partial charge in [-0.2, -0.15) is 0 Å². The van der Waals surface area contributed by atoms with Gasteiger partial charge in [-0.15, -0.1) is 11.3 Å². The molecule has 0 aliphatic heterocycles. The predicted octanol–water partition coefficient (Wildman–Crippen LogP) is 2.90. The van der Waals surface area contributed by atoms with E-state index in [1.807, 2.05) is 37.3 Å². The van der Waals surface area contributed by atoms with Gasteiger partial charge in [0.15, 0.2) is 5.96 Å². The van der Waals surface area contributed by atoms with E-state index in [4.69, 9.17) is 4.74 Å². The fourth-order valence-electron chi connectivity index (χ4n) is 2.31. The van der Waals surface area contributed by atoms with Gasteiger partial charge in [-0.1, -0.05) is 44.2 Å². The molecule has 0 spiro atoms. The molecule has 2 aromatic rings. The molecule has 1 aromatic carbocycles. The molecular weight excluding hydrogens is 360 g/mol. The minimum Gasteiger partial charge on any atom is -0.389 e. The molecule has 0 amide bonds. The highest BCUT2D eigenvalue weighted by Gasteiger charge is 2.08. The zero-order valence-electron chi connectivity index (χ0n) is 16.3. The quantitative estimate of drug-likeness (QED) is 0.429. The molecule has 1 aromatic heterocycles. The van der Waals surface area contributed by atoms with E-state index in [1.54, 1.807) is 11.3 Å². The van der Waals surface area contributed by atoms with Crippen LogP contribution >= 0.6 is 11.3 Å². The number of aliphatic hydroxyl groups is 1. The number of aromatic nitrogens is 1. The molecule has 6 nitrogen and oxygen atoms in total. The summed E-state index contributed by atoms with van der Waals surface area (Å²) < 4.78 is 5.57. The van der Waals surface area contributed by atoms with Crippen molar-refractivity contribution in [2.24, 2.45) is 4.99 Å². The van der Waals surface area contributed by atoms with E-state index in [9.17, 15) is 5.11 Å². The summed E-state index contributed by atoms with van der Waals surface area (Å²) in [5.41, 5.74) is 2.20. The Labute approximate surface area is 165 Å². The Bertz CT molecular complexity index is 688. The third kappa shape index (κ3) is 8.07. The largest absolute Gasteiger partial charge is 0.389 e. The van der Waals surface area contributed by atoms with Crippen LogP contribution in [0.2, 0.25) is 0 Å². The van der Waals surface area contributed by atoms with Crippen molar-refractivity contribution >= 4 is 17.3 Å². The predicted molar refractivity (Wildman–Crippen MR) is 111 cm³/mol. The number of benzene rings is 1. The Hall–Kier alpha value is -1.96. The first-order chi connectivity index (χ1) is 13.1. The van der Waals surface area contributed by atoms with Gasteiger partial charge in [-0.3, -0.25) is 0 Å². The third-order valence-electron chi connectivity index (χ3n) is 3.80. The minimum absolute atomic E-state index is 0.269. The van der Waals surface area contributed by atoms with E-state index in [2.05, 4.69) is 39.8 Å². The Morgan fingerprint density at radius 1 is 1.26 bits per heavy atom. The van der Waals surface area contributed by atoms with Crippen LogP contribution in [-0.4, -0.2) is 41.9 Å². The molecule has 27 heavy (non-hydrogen) atoms. The second-order valence-corrected chi connectivity index (χ2v) is 7.49. The zero-order valence-corrected chi connectivity index (χ0v) is 17.1. The summed E-state index contributed by atoms with van der Waals surface area (Å²) >= 11 is 1.63. The Balaban J connectivity index is 1.75. The number of hydrogen-bond acceptors (Lipinski definition) is 5. The molecule has 2 rings (SSSR count). The van der Waals surface area contributed by atoms with Crippen molar-refractivity contribution in [1.29, 1.82) is 0 Å². The van der Waals surface area contributed by atoms with Crippen LogP contribution < -0.4 is 10.6 Å². The maximum atomic E-state index is 10.1. The molecule has 1 heterocycles. The monoisotopic (exact) mass is 390 g/mol. The van der Waals surface area contributed by atoms with Crippen LogP contribution in [0.3, 0.4) is 0 Å². The van der Waals surface area contributed by atoms with Crippen molar-refractivity contribution in [3.63, 3.8) is 0 Å². The number of ether oxygens (including phenoxy) is 1. The van der Waals surface area contributed by atoms with Gasteiger partial charge in [0.1, 0.15) is 5.01 Å². The lowest BCUT2D eigenvalue weighted by atomic mass is 10.2. The molecule has 0 aliphatic rings. The summed E-state index contributed by atoms with van der Waals surface area (Å²) in [5.74, 6) is 1.09. The van der Waals surface area contributed by atoms with Crippen LogP contribution in [0.1, 0.15) is 43.0 Å². The summed E-state index contributed by atoms with van der Waals surface area (Å²) in [5, 5.41) is 19.5. The molecule has 0 radical (unpaired) electrons. The number of rotatable bonds is 10. The van der Waals surface area contributed by atoms with Gasteiger partial charge in [0.05, 0.1) is 31.6 Å². The van der Waals surface area contributed by atoms with Crippen LogP contribution in [0.5, 0.6) is 0 Å². The van der Waals surface area contributed by atoms with Gasteiger partial charge in [-0.05, 0) is 18.4 Å². The van der Waals surface area contributed by atoms with E-state index in [1.165, 1.54) is 0 Å². The summed E-state index contributed by atoms with van der Waals surface area (Å²) in [7, 11) is 0. The van der Waals surface area contributed by atoms with Gasteiger partial charge in [-0.25, -0.2) is 9.98 Å². The number of nitrogens with zero attached hydrogens (tertiary/aromatic N) is 2. The number of aliphatic imine (C=N–C) groups is 1. The Kier molecular flexibility index (Phi) is 9.24. The van der Waals surface area contributed by atoms with Crippen molar-refractivity contribution in [3.05, 3.63) is 52.0 Å². The van der Waals surface area contributed by atoms with Crippen LogP contribution in [0, 0.1) is 0 Å². The smallest absolute Gasteiger partial charge is 0.191 e. The van der Waals surface area contributed by atoms with Crippen LogP contribution in [0.4, 0.5) is 0 Å². The molecule has 3 N–H and O–H groups in total. The van der Waals surface area contributed by atoms with Gasteiger partial charge < -0.3 is 20.5 Å². The topological polar surface area (TPSA) is 78.8 Å². The first kappa shape index (κ1) is 21.3. The van der Waals surface area contributed by atoms with Crippen molar-refractivity contribution in [1.82, 2.24) is 15.6 Å². The fourth-order valence-corrected chi connectivity index (χ4v) is 3.19. The van der Waals surface area contributed by atoms with E-state index in [0.29, 0.717) is 31.6 Å². The number of thiazole rings is 1. The Morgan fingerprint density at radius 3 is 2.70 bits per heavy atom. The normalized spacial score (nSPS) is 13.0. The Morgan fingerprint density at radius 2 is 2.04 bits per heavy atom. The van der Waals surface area contributed by atoms with Crippen LogP contribution in [-0.2, 0) is 17.9 Å². The number of hydrogen-bond donors (Lipinski definition) is 3. The van der Waals surface area contributed by atoms with Gasteiger partial charge >= 0.3 is 0 Å².